The topological polar surface area (TPSA) is 40.5 Å². The summed E-state index contributed by atoms with van der Waals surface area (Å²) in [6, 6.07) is 0. The van der Waals surface area contributed by atoms with Gasteiger partial charge in [-0.05, 0) is 12.0 Å². The molecule has 0 unspecified atom stereocenters. The predicted octanol–water partition coefficient (Wildman–Crippen LogP) is 1.00. The number of aliphatic hydroxyl groups is 2. The van der Waals surface area contributed by atoms with Crippen molar-refractivity contribution >= 4 is 0 Å². The third kappa shape index (κ3) is 1.91. The van der Waals surface area contributed by atoms with Gasteiger partial charge in [-0.3, -0.25) is 0 Å². The number of aliphatic hydroxyl groups excluding tert-OH is 2. The van der Waals surface area contributed by atoms with Crippen LogP contribution in [0.1, 0.15) is 19.8 Å². The fourth-order valence-corrected chi connectivity index (χ4v) is 1.24. The van der Waals surface area contributed by atoms with Crippen LogP contribution in [-0.4, -0.2) is 22.4 Å². The maximum absolute atomic E-state index is 9.40. The van der Waals surface area contributed by atoms with Crippen LogP contribution in [0.4, 0.5) is 0 Å². The smallest absolute Gasteiger partial charge is 0.105 e. The third-order valence-corrected chi connectivity index (χ3v) is 1.86. The molecular formula is C9H14O2. The molecule has 0 fully saturated rings. The summed E-state index contributed by atoms with van der Waals surface area (Å²) < 4.78 is 0. The van der Waals surface area contributed by atoms with Crippen molar-refractivity contribution in [1.82, 2.24) is 0 Å². The van der Waals surface area contributed by atoms with Gasteiger partial charge < -0.3 is 10.2 Å². The molecule has 0 heterocycles. The largest absolute Gasteiger partial charge is 0.386 e. The van der Waals surface area contributed by atoms with Crippen molar-refractivity contribution < 1.29 is 10.2 Å². The Morgan fingerprint density at radius 2 is 2.18 bits per heavy atom. The highest BCUT2D eigenvalue weighted by atomic mass is 16.3. The Balaban J connectivity index is 2.62. The van der Waals surface area contributed by atoms with E-state index in [9.17, 15) is 10.2 Å². The summed E-state index contributed by atoms with van der Waals surface area (Å²) in [5.74, 6) is 0. The van der Waals surface area contributed by atoms with Crippen molar-refractivity contribution in [2.75, 3.05) is 0 Å². The Kier molecular flexibility index (Phi) is 2.85. The third-order valence-electron chi connectivity index (χ3n) is 1.86. The van der Waals surface area contributed by atoms with Gasteiger partial charge in [0.2, 0.25) is 0 Å². The zero-order valence-corrected chi connectivity index (χ0v) is 6.70. The van der Waals surface area contributed by atoms with Crippen molar-refractivity contribution in [3.8, 4) is 0 Å². The fourth-order valence-electron chi connectivity index (χ4n) is 1.24. The molecule has 2 atom stereocenters. The molecular weight excluding hydrogens is 140 g/mol. The molecule has 2 nitrogen and oxygen atoms in total. The second-order valence-corrected chi connectivity index (χ2v) is 2.81. The van der Waals surface area contributed by atoms with Crippen molar-refractivity contribution in [3.63, 3.8) is 0 Å². The van der Waals surface area contributed by atoms with Gasteiger partial charge in [-0.1, -0.05) is 31.6 Å². The van der Waals surface area contributed by atoms with E-state index >= 15 is 0 Å². The monoisotopic (exact) mass is 154 g/mol. The van der Waals surface area contributed by atoms with Gasteiger partial charge in [0, 0.05) is 0 Å². The van der Waals surface area contributed by atoms with Crippen molar-refractivity contribution in [2.24, 2.45) is 0 Å². The quantitative estimate of drug-likeness (QED) is 0.623. The lowest BCUT2D eigenvalue weighted by molar-refractivity contribution is 0.0692. The molecule has 0 radical (unpaired) electrons. The Bertz CT molecular complexity index is 182. The predicted molar refractivity (Wildman–Crippen MR) is 44.1 cm³/mol. The lowest BCUT2D eigenvalue weighted by Gasteiger charge is -2.20. The van der Waals surface area contributed by atoms with E-state index in [4.69, 9.17) is 0 Å². The molecule has 0 spiro atoms. The van der Waals surface area contributed by atoms with Crippen molar-refractivity contribution in [2.45, 2.75) is 32.0 Å². The second-order valence-electron chi connectivity index (χ2n) is 2.81. The van der Waals surface area contributed by atoms with Crippen LogP contribution in [0.15, 0.2) is 23.8 Å². The van der Waals surface area contributed by atoms with Crippen molar-refractivity contribution in [1.29, 1.82) is 0 Å². The van der Waals surface area contributed by atoms with Crippen LogP contribution in [0.3, 0.4) is 0 Å². The van der Waals surface area contributed by atoms with E-state index in [-0.39, 0.29) is 0 Å². The summed E-state index contributed by atoms with van der Waals surface area (Å²) >= 11 is 0. The minimum atomic E-state index is -0.707. The summed E-state index contributed by atoms with van der Waals surface area (Å²) in [5.41, 5.74) is 0.933. The lowest BCUT2D eigenvalue weighted by atomic mass is 9.96. The molecule has 62 valence electrons. The van der Waals surface area contributed by atoms with E-state index < -0.39 is 12.2 Å². The number of hydrogen-bond donors (Lipinski definition) is 2. The number of rotatable bonds is 2. The normalized spacial score (nSPS) is 30.3. The number of hydrogen-bond acceptors (Lipinski definition) is 2. The average molecular weight is 154 g/mol. The fraction of sp³-hybridized carbons (Fsp3) is 0.556. The molecule has 11 heavy (non-hydrogen) atoms. The van der Waals surface area contributed by atoms with Crippen LogP contribution in [0.5, 0.6) is 0 Å². The van der Waals surface area contributed by atoms with Crippen LogP contribution in [0.2, 0.25) is 0 Å². The SMILES string of the molecule is CCCC1=CC=C[C@H](O)[C@@H]1O. The molecule has 0 saturated heterocycles. The van der Waals surface area contributed by atoms with Gasteiger partial charge >= 0.3 is 0 Å². The van der Waals surface area contributed by atoms with Gasteiger partial charge in [-0.2, -0.15) is 0 Å². The van der Waals surface area contributed by atoms with E-state index in [2.05, 4.69) is 6.92 Å². The molecule has 1 aliphatic rings. The van der Waals surface area contributed by atoms with E-state index in [1.54, 1.807) is 12.2 Å². The van der Waals surface area contributed by atoms with E-state index in [1.807, 2.05) is 6.08 Å². The average Bonchev–Trinajstić information content (AvgIpc) is 1.99. The Morgan fingerprint density at radius 3 is 2.82 bits per heavy atom. The van der Waals surface area contributed by atoms with Gasteiger partial charge in [0.1, 0.15) is 12.2 Å². The zero-order chi connectivity index (χ0) is 8.27. The first-order valence-corrected chi connectivity index (χ1v) is 3.99. The summed E-state index contributed by atoms with van der Waals surface area (Å²) in [7, 11) is 0. The maximum Gasteiger partial charge on any atom is 0.105 e. The Labute approximate surface area is 66.9 Å². The first kappa shape index (κ1) is 8.50. The molecule has 0 aromatic carbocycles. The molecule has 2 N–H and O–H groups in total. The first-order chi connectivity index (χ1) is 5.25. The van der Waals surface area contributed by atoms with Gasteiger partial charge in [-0.25, -0.2) is 0 Å². The summed E-state index contributed by atoms with van der Waals surface area (Å²) in [6.45, 7) is 2.05. The zero-order valence-electron chi connectivity index (χ0n) is 6.70. The standard InChI is InChI=1S/C9H14O2/c1-2-4-7-5-3-6-8(10)9(7)11/h3,5-6,8-11H,2,4H2,1H3/t8-,9+/m0/s1. The van der Waals surface area contributed by atoms with Gasteiger partial charge in [-0.15, -0.1) is 0 Å². The molecule has 0 aromatic rings. The molecule has 0 amide bonds. The van der Waals surface area contributed by atoms with Crippen LogP contribution >= 0.6 is 0 Å². The molecule has 2 heteroatoms. The summed E-state index contributed by atoms with van der Waals surface area (Å²) in [5, 5.41) is 18.6. The molecule has 0 saturated carbocycles. The van der Waals surface area contributed by atoms with E-state index in [0.29, 0.717) is 0 Å². The van der Waals surface area contributed by atoms with E-state index in [1.165, 1.54) is 0 Å². The lowest BCUT2D eigenvalue weighted by Crippen LogP contribution is -2.27. The first-order valence-electron chi connectivity index (χ1n) is 3.99. The van der Waals surface area contributed by atoms with Crippen LogP contribution in [0, 0.1) is 0 Å². The highest BCUT2D eigenvalue weighted by Crippen LogP contribution is 2.17. The summed E-state index contributed by atoms with van der Waals surface area (Å²) in [4.78, 5) is 0. The van der Waals surface area contributed by atoms with Gasteiger partial charge in [0.25, 0.3) is 0 Å². The molecule has 0 aliphatic heterocycles. The second kappa shape index (κ2) is 3.69. The van der Waals surface area contributed by atoms with Gasteiger partial charge in [0.15, 0.2) is 0 Å². The molecule has 1 aliphatic carbocycles. The van der Waals surface area contributed by atoms with Gasteiger partial charge in [0.05, 0.1) is 0 Å². The Morgan fingerprint density at radius 1 is 1.45 bits per heavy atom. The molecule has 1 rings (SSSR count). The summed E-state index contributed by atoms with van der Waals surface area (Å²) in [6.07, 6.45) is 5.75. The Hall–Kier alpha value is -0.600. The van der Waals surface area contributed by atoms with Crippen molar-refractivity contribution in [3.05, 3.63) is 23.8 Å². The minimum absolute atomic E-state index is 0.681. The molecule has 0 aromatic heterocycles. The highest BCUT2D eigenvalue weighted by molar-refractivity contribution is 5.25. The highest BCUT2D eigenvalue weighted by Gasteiger charge is 2.19. The van der Waals surface area contributed by atoms with Crippen LogP contribution in [-0.2, 0) is 0 Å². The number of allylic oxidation sites excluding steroid dienone is 2. The minimum Gasteiger partial charge on any atom is -0.386 e. The maximum atomic E-state index is 9.40. The van der Waals surface area contributed by atoms with Crippen LogP contribution < -0.4 is 0 Å². The van der Waals surface area contributed by atoms with Crippen LogP contribution in [0.25, 0.3) is 0 Å². The molecule has 0 bridgehead atoms. The van der Waals surface area contributed by atoms with E-state index in [0.717, 1.165) is 18.4 Å².